The summed E-state index contributed by atoms with van der Waals surface area (Å²) < 4.78 is 0. The molecule has 0 spiro atoms. The normalized spacial score (nSPS) is 10.2. The summed E-state index contributed by atoms with van der Waals surface area (Å²) in [5, 5.41) is 2.25. The zero-order chi connectivity index (χ0) is 12.6. The first-order chi connectivity index (χ1) is 7.47. The Kier molecular flexibility index (Phi) is 5.73. The van der Waals surface area contributed by atoms with Gasteiger partial charge >= 0.3 is 6.03 Å². The van der Waals surface area contributed by atoms with Crippen LogP contribution in [0, 0.1) is 0 Å². The number of carbonyl (C=O) groups is 3. The lowest BCUT2D eigenvalue weighted by atomic mass is 10.5. The maximum Gasteiger partial charge on any atom is 0.322 e. The van der Waals surface area contributed by atoms with Gasteiger partial charge in [0.1, 0.15) is 0 Å². The highest BCUT2D eigenvalue weighted by Gasteiger charge is 2.02. The quantitative estimate of drug-likeness (QED) is 0.527. The summed E-state index contributed by atoms with van der Waals surface area (Å²) in [7, 11) is 0. The molecular weight excluding hydrogens is 212 g/mol. The Bertz CT molecular complexity index is 360. The van der Waals surface area contributed by atoms with Gasteiger partial charge in [0, 0.05) is 24.6 Å². The van der Waals surface area contributed by atoms with E-state index in [9.17, 15) is 14.4 Å². The van der Waals surface area contributed by atoms with Crippen molar-refractivity contribution < 1.29 is 14.4 Å². The molecule has 7 heteroatoms. The van der Waals surface area contributed by atoms with Gasteiger partial charge in [0.2, 0.25) is 11.8 Å². The predicted octanol–water partition coefficient (Wildman–Crippen LogP) is -0.860. The van der Waals surface area contributed by atoms with Gasteiger partial charge in [0.05, 0.1) is 0 Å². The van der Waals surface area contributed by atoms with Crippen LogP contribution in [0.2, 0.25) is 0 Å². The number of nitrogens with two attached hydrogens (primary N) is 2. The predicted molar refractivity (Wildman–Crippen MR) is 57.2 cm³/mol. The Balaban J connectivity index is 4.57. The SMILES string of the molecule is C=CNC(=O)C=CN(C=CC(N)=O)C(N)=O. The molecule has 0 atom stereocenters. The van der Waals surface area contributed by atoms with E-state index in [1.165, 1.54) is 6.20 Å². The zero-order valence-electron chi connectivity index (χ0n) is 8.42. The van der Waals surface area contributed by atoms with E-state index in [-0.39, 0.29) is 0 Å². The Morgan fingerprint density at radius 2 is 1.69 bits per heavy atom. The molecule has 0 saturated heterocycles. The Morgan fingerprint density at radius 1 is 1.12 bits per heavy atom. The molecule has 7 nitrogen and oxygen atoms in total. The minimum atomic E-state index is -0.861. The van der Waals surface area contributed by atoms with E-state index in [2.05, 4.69) is 11.9 Å². The fraction of sp³-hybridized carbons (Fsp3) is 0. The summed E-state index contributed by atoms with van der Waals surface area (Å²) in [5.74, 6) is -1.23. The van der Waals surface area contributed by atoms with Gasteiger partial charge in [-0.15, -0.1) is 0 Å². The minimum absolute atomic E-state index is 0.492. The summed E-state index contributed by atoms with van der Waals surface area (Å²) in [5.41, 5.74) is 9.79. The topological polar surface area (TPSA) is 119 Å². The average molecular weight is 224 g/mol. The lowest BCUT2D eigenvalue weighted by molar-refractivity contribution is -0.115. The monoisotopic (exact) mass is 224 g/mol. The number of hydrogen-bond acceptors (Lipinski definition) is 3. The average Bonchev–Trinajstić information content (AvgIpc) is 2.17. The molecule has 0 saturated carbocycles. The van der Waals surface area contributed by atoms with Crippen molar-refractivity contribution in [3.63, 3.8) is 0 Å². The third kappa shape index (κ3) is 5.97. The highest BCUT2D eigenvalue weighted by Crippen LogP contribution is 1.91. The van der Waals surface area contributed by atoms with Crippen molar-refractivity contribution in [1.29, 1.82) is 0 Å². The van der Waals surface area contributed by atoms with Crippen molar-refractivity contribution in [3.05, 3.63) is 37.3 Å². The van der Waals surface area contributed by atoms with Gasteiger partial charge in [0.15, 0.2) is 0 Å². The molecule has 0 aliphatic carbocycles. The van der Waals surface area contributed by atoms with Gasteiger partial charge in [-0.1, -0.05) is 6.58 Å². The summed E-state index contributed by atoms with van der Waals surface area (Å²) in [6.45, 7) is 3.28. The number of carbonyl (C=O) groups excluding carboxylic acids is 3. The summed E-state index contributed by atoms with van der Waals surface area (Å²) >= 11 is 0. The number of amides is 4. The molecule has 0 aromatic heterocycles. The molecule has 4 amide bonds. The van der Waals surface area contributed by atoms with Crippen LogP contribution in [0.25, 0.3) is 0 Å². The van der Waals surface area contributed by atoms with Crippen molar-refractivity contribution in [3.8, 4) is 0 Å². The van der Waals surface area contributed by atoms with E-state index in [1.54, 1.807) is 0 Å². The molecule has 0 fully saturated rings. The molecule has 0 rings (SSSR count). The molecule has 0 bridgehead atoms. The first-order valence-corrected chi connectivity index (χ1v) is 4.12. The number of primary amides is 2. The van der Waals surface area contributed by atoms with Gasteiger partial charge in [-0.25, -0.2) is 4.79 Å². The van der Waals surface area contributed by atoms with Crippen LogP contribution in [0.5, 0.6) is 0 Å². The molecule has 5 N–H and O–H groups in total. The smallest absolute Gasteiger partial charge is 0.322 e. The second kappa shape index (κ2) is 6.82. The molecule has 86 valence electrons. The number of nitrogens with zero attached hydrogens (tertiary/aromatic N) is 1. The van der Waals surface area contributed by atoms with Crippen molar-refractivity contribution in [2.45, 2.75) is 0 Å². The highest BCUT2D eigenvalue weighted by atomic mass is 16.2. The summed E-state index contributed by atoms with van der Waals surface area (Å²) in [4.78, 5) is 33.0. The van der Waals surface area contributed by atoms with Crippen LogP contribution in [0.15, 0.2) is 37.3 Å². The third-order valence-electron chi connectivity index (χ3n) is 1.28. The van der Waals surface area contributed by atoms with Crippen molar-refractivity contribution in [1.82, 2.24) is 10.2 Å². The van der Waals surface area contributed by atoms with E-state index in [1.807, 2.05) is 0 Å². The van der Waals surface area contributed by atoms with Crippen LogP contribution in [0.4, 0.5) is 4.79 Å². The Labute approximate surface area is 92.1 Å². The zero-order valence-corrected chi connectivity index (χ0v) is 8.42. The Morgan fingerprint density at radius 3 is 2.12 bits per heavy atom. The van der Waals surface area contributed by atoms with E-state index < -0.39 is 17.8 Å². The lowest BCUT2D eigenvalue weighted by Crippen LogP contribution is -2.27. The summed E-state index contributed by atoms with van der Waals surface area (Å²) in [6.07, 6.45) is 5.28. The van der Waals surface area contributed by atoms with Crippen LogP contribution < -0.4 is 16.8 Å². The van der Waals surface area contributed by atoms with Gasteiger partial charge in [-0.3, -0.25) is 14.5 Å². The molecule has 0 radical (unpaired) electrons. The van der Waals surface area contributed by atoms with E-state index in [0.717, 1.165) is 29.5 Å². The summed E-state index contributed by atoms with van der Waals surface area (Å²) in [6, 6.07) is -0.861. The number of nitrogens with one attached hydrogen (secondary N) is 1. The lowest BCUT2D eigenvalue weighted by Gasteiger charge is -2.08. The largest absolute Gasteiger partial charge is 0.366 e. The molecule has 16 heavy (non-hydrogen) atoms. The Hall–Kier alpha value is -2.57. The van der Waals surface area contributed by atoms with Crippen LogP contribution in [0.3, 0.4) is 0 Å². The number of rotatable bonds is 5. The van der Waals surface area contributed by atoms with Gasteiger partial charge in [0.25, 0.3) is 0 Å². The molecule has 0 unspecified atom stereocenters. The maximum absolute atomic E-state index is 10.9. The minimum Gasteiger partial charge on any atom is -0.366 e. The van der Waals surface area contributed by atoms with Crippen LogP contribution in [-0.2, 0) is 9.59 Å². The fourth-order valence-electron chi connectivity index (χ4n) is 0.647. The van der Waals surface area contributed by atoms with Crippen LogP contribution >= 0.6 is 0 Å². The molecule has 0 aromatic rings. The highest BCUT2D eigenvalue weighted by molar-refractivity contribution is 5.89. The van der Waals surface area contributed by atoms with Crippen LogP contribution in [0.1, 0.15) is 0 Å². The second-order valence-corrected chi connectivity index (χ2v) is 2.49. The second-order valence-electron chi connectivity index (χ2n) is 2.49. The molecule has 0 heterocycles. The van der Waals surface area contributed by atoms with E-state index >= 15 is 0 Å². The first kappa shape index (κ1) is 13.4. The van der Waals surface area contributed by atoms with Crippen molar-refractivity contribution in [2.24, 2.45) is 11.5 Å². The number of hydrogen-bond donors (Lipinski definition) is 3. The van der Waals surface area contributed by atoms with Gasteiger partial charge in [-0.05, 0) is 6.20 Å². The van der Waals surface area contributed by atoms with Crippen LogP contribution in [-0.4, -0.2) is 22.7 Å². The molecule has 0 aliphatic heterocycles. The first-order valence-electron chi connectivity index (χ1n) is 4.12. The van der Waals surface area contributed by atoms with Gasteiger partial charge in [-0.2, -0.15) is 0 Å². The molecule has 0 aromatic carbocycles. The number of urea groups is 1. The maximum atomic E-state index is 10.9. The van der Waals surface area contributed by atoms with E-state index in [4.69, 9.17) is 11.5 Å². The van der Waals surface area contributed by atoms with Crippen molar-refractivity contribution in [2.75, 3.05) is 0 Å². The van der Waals surface area contributed by atoms with E-state index in [0.29, 0.717) is 0 Å². The molecule has 0 aliphatic rings. The standard InChI is InChI=1S/C9H12N4O3/c1-2-12-8(15)4-6-13(9(11)16)5-3-7(10)14/h2-6H,1H2,(H2,10,14)(H2,11,16)(H,12,15). The third-order valence-corrected chi connectivity index (χ3v) is 1.28. The van der Waals surface area contributed by atoms with Gasteiger partial charge < -0.3 is 16.8 Å². The molecular formula is C9H12N4O3. The fourth-order valence-corrected chi connectivity index (χ4v) is 0.647. The van der Waals surface area contributed by atoms with Crippen molar-refractivity contribution >= 4 is 17.8 Å².